The first-order valence-electron chi connectivity index (χ1n) is 8.29. The highest BCUT2D eigenvalue weighted by Crippen LogP contribution is 2.35. The number of likely N-dealkylation sites (tertiary alicyclic amines) is 1. The molecule has 23 heavy (non-hydrogen) atoms. The van der Waals surface area contributed by atoms with Crippen LogP contribution in [0.2, 0.25) is 0 Å². The number of Topliss-reactive ketones (excluding diaryl/α,β-unsaturated/α-hetero) is 1. The lowest BCUT2D eigenvalue weighted by Gasteiger charge is -2.41. The molecule has 0 spiro atoms. The van der Waals surface area contributed by atoms with E-state index in [1.54, 1.807) is 6.92 Å². The van der Waals surface area contributed by atoms with Gasteiger partial charge < -0.3 is 19.8 Å². The number of ether oxygens (including phenoxy) is 1. The lowest BCUT2D eigenvalue weighted by atomic mass is 9.86. The molecule has 0 radical (unpaired) electrons. The SMILES string of the molecule is CCC1CCC(C)C(O)(C(=O)C(=O)N2CCCCC2C(=O)O)O1. The van der Waals surface area contributed by atoms with Crippen LogP contribution < -0.4 is 0 Å². The van der Waals surface area contributed by atoms with Gasteiger partial charge in [-0.2, -0.15) is 0 Å². The average molecular weight is 327 g/mol. The fourth-order valence-electron chi connectivity index (χ4n) is 3.34. The van der Waals surface area contributed by atoms with Gasteiger partial charge in [-0.3, -0.25) is 9.59 Å². The molecule has 0 bridgehead atoms. The van der Waals surface area contributed by atoms with Crippen LogP contribution in [-0.4, -0.2) is 57.3 Å². The Morgan fingerprint density at radius 3 is 2.52 bits per heavy atom. The van der Waals surface area contributed by atoms with Gasteiger partial charge in [0.15, 0.2) is 0 Å². The van der Waals surface area contributed by atoms with Crippen LogP contribution in [0.15, 0.2) is 0 Å². The lowest BCUT2D eigenvalue weighted by molar-refractivity contribution is -0.263. The molecule has 1 amide bonds. The Morgan fingerprint density at radius 1 is 1.22 bits per heavy atom. The first-order chi connectivity index (χ1) is 10.8. The predicted molar refractivity (Wildman–Crippen MR) is 80.5 cm³/mol. The van der Waals surface area contributed by atoms with E-state index in [0.717, 1.165) is 11.3 Å². The van der Waals surface area contributed by atoms with E-state index in [2.05, 4.69) is 0 Å². The van der Waals surface area contributed by atoms with Gasteiger partial charge in [-0.1, -0.05) is 13.8 Å². The molecule has 2 rings (SSSR count). The quantitative estimate of drug-likeness (QED) is 0.745. The van der Waals surface area contributed by atoms with E-state index in [-0.39, 0.29) is 12.6 Å². The second-order valence-electron chi connectivity index (χ2n) is 6.50. The van der Waals surface area contributed by atoms with E-state index >= 15 is 0 Å². The minimum absolute atomic E-state index is 0.212. The molecule has 4 unspecified atom stereocenters. The van der Waals surface area contributed by atoms with E-state index in [1.165, 1.54) is 0 Å². The summed E-state index contributed by atoms with van der Waals surface area (Å²) in [4.78, 5) is 37.5. The summed E-state index contributed by atoms with van der Waals surface area (Å²) in [6.45, 7) is 3.77. The van der Waals surface area contributed by atoms with Crippen molar-refractivity contribution >= 4 is 17.7 Å². The highest BCUT2D eigenvalue weighted by Gasteiger charge is 2.52. The summed E-state index contributed by atoms with van der Waals surface area (Å²) < 4.78 is 5.52. The van der Waals surface area contributed by atoms with Gasteiger partial charge in [-0.05, 0) is 38.5 Å². The van der Waals surface area contributed by atoms with Crippen molar-refractivity contribution in [3.8, 4) is 0 Å². The van der Waals surface area contributed by atoms with Gasteiger partial charge in [0, 0.05) is 12.5 Å². The van der Waals surface area contributed by atoms with Gasteiger partial charge in [-0.15, -0.1) is 0 Å². The van der Waals surface area contributed by atoms with E-state index < -0.39 is 35.4 Å². The first kappa shape index (κ1) is 17.9. The van der Waals surface area contributed by atoms with Crippen molar-refractivity contribution in [3.63, 3.8) is 0 Å². The van der Waals surface area contributed by atoms with Crippen molar-refractivity contribution < 1.29 is 29.3 Å². The number of amides is 1. The topological polar surface area (TPSA) is 104 Å². The van der Waals surface area contributed by atoms with Crippen molar-refractivity contribution in [2.45, 2.75) is 70.3 Å². The number of aliphatic carboxylic acids is 1. The molecule has 2 N–H and O–H groups in total. The summed E-state index contributed by atoms with van der Waals surface area (Å²) in [5.41, 5.74) is 0. The maximum atomic E-state index is 12.6. The third-order valence-electron chi connectivity index (χ3n) is 4.96. The third kappa shape index (κ3) is 3.40. The van der Waals surface area contributed by atoms with E-state index in [4.69, 9.17) is 4.74 Å². The molecule has 7 nitrogen and oxygen atoms in total. The standard InChI is InChI=1S/C16H25NO6/c1-3-11-8-7-10(2)16(22,23-11)13(18)14(19)17-9-5-4-6-12(17)15(20)21/h10-12,22H,3-9H2,1-2H3,(H,20,21). The van der Waals surface area contributed by atoms with Crippen molar-refractivity contribution in [1.82, 2.24) is 4.90 Å². The van der Waals surface area contributed by atoms with Gasteiger partial charge in [0.1, 0.15) is 6.04 Å². The number of carboxylic acids is 1. The normalized spacial score (nSPS) is 34.9. The van der Waals surface area contributed by atoms with Crippen molar-refractivity contribution in [2.75, 3.05) is 6.54 Å². The van der Waals surface area contributed by atoms with Gasteiger partial charge in [0.2, 0.25) is 5.79 Å². The summed E-state index contributed by atoms with van der Waals surface area (Å²) in [5, 5.41) is 19.9. The number of nitrogens with zero attached hydrogens (tertiary/aromatic N) is 1. The van der Waals surface area contributed by atoms with Gasteiger partial charge in [0.05, 0.1) is 6.10 Å². The monoisotopic (exact) mass is 327 g/mol. The molecule has 2 aliphatic rings. The summed E-state index contributed by atoms with van der Waals surface area (Å²) in [5.74, 6) is -5.78. The van der Waals surface area contributed by atoms with Gasteiger partial charge >= 0.3 is 5.97 Å². The van der Waals surface area contributed by atoms with Crippen LogP contribution in [0.25, 0.3) is 0 Å². The summed E-state index contributed by atoms with van der Waals surface area (Å²) in [6, 6.07) is -1.01. The Bertz CT molecular complexity index is 493. The summed E-state index contributed by atoms with van der Waals surface area (Å²) in [7, 11) is 0. The molecule has 0 saturated carbocycles. The number of carboxylic acid groups (broad SMARTS) is 1. The van der Waals surface area contributed by atoms with E-state index in [0.29, 0.717) is 32.1 Å². The minimum atomic E-state index is -2.16. The molecule has 2 heterocycles. The molecule has 2 fully saturated rings. The molecule has 0 aromatic heterocycles. The predicted octanol–water partition coefficient (Wildman–Crippen LogP) is 0.935. The summed E-state index contributed by atoms with van der Waals surface area (Å²) in [6.07, 6.45) is 3.33. The molecule has 0 aromatic carbocycles. The number of ketones is 1. The summed E-state index contributed by atoms with van der Waals surface area (Å²) >= 11 is 0. The van der Waals surface area contributed by atoms with Crippen LogP contribution >= 0.6 is 0 Å². The third-order valence-corrected chi connectivity index (χ3v) is 4.96. The molecule has 2 saturated heterocycles. The Kier molecular flexibility index (Phi) is 5.41. The van der Waals surface area contributed by atoms with E-state index in [9.17, 15) is 24.6 Å². The molecular formula is C16H25NO6. The average Bonchev–Trinajstić information content (AvgIpc) is 2.56. The minimum Gasteiger partial charge on any atom is -0.480 e. The Balaban J connectivity index is 2.20. The van der Waals surface area contributed by atoms with E-state index in [1.807, 2.05) is 6.92 Å². The Morgan fingerprint density at radius 2 is 1.91 bits per heavy atom. The zero-order valence-electron chi connectivity index (χ0n) is 13.7. The molecule has 130 valence electrons. The highest BCUT2D eigenvalue weighted by molar-refractivity contribution is 6.39. The number of hydrogen-bond acceptors (Lipinski definition) is 5. The molecule has 0 aromatic rings. The fourth-order valence-corrected chi connectivity index (χ4v) is 3.34. The second kappa shape index (κ2) is 6.97. The van der Waals surface area contributed by atoms with Crippen LogP contribution in [0.3, 0.4) is 0 Å². The first-order valence-corrected chi connectivity index (χ1v) is 8.29. The lowest BCUT2D eigenvalue weighted by Crippen LogP contribution is -2.60. The zero-order valence-corrected chi connectivity index (χ0v) is 13.7. The van der Waals surface area contributed by atoms with Crippen LogP contribution in [0.1, 0.15) is 52.4 Å². The molecule has 2 aliphatic heterocycles. The van der Waals surface area contributed by atoms with Gasteiger partial charge in [0.25, 0.3) is 11.7 Å². The molecule has 0 aliphatic carbocycles. The smallest absolute Gasteiger partial charge is 0.326 e. The van der Waals surface area contributed by atoms with Crippen LogP contribution in [0.5, 0.6) is 0 Å². The van der Waals surface area contributed by atoms with Crippen molar-refractivity contribution in [1.29, 1.82) is 0 Å². The van der Waals surface area contributed by atoms with Gasteiger partial charge in [-0.25, -0.2) is 4.79 Å². The number of aliphatic hydroxyl groups is 1. The van der Waals surface area contributed by atoms with Crippen molar-refractivity contribution in [2.24, 2.45) is 5.92 Å². The Hall–Kier alpha value is -1.47. The second-order valence-corrected chi connectivity index (χ2v) is 6.50. The van der Waals surface area contributed by atoms with Crippen LogP contribution in [-0.2, 0) is 19.1 Å². The maximum Gasteiger partial charge on any atom is 0.326 e. The number of hydrogen-bond donors (Lipinski definition) is 2. The Labute approximate surface area is 135 Å². The van der Waals surface area contributed by atoms with Crippen molar-refractivity contribution in [3.05, 3.63) is 0 Å². The number of piperidine rings is 1. The number of carbonyl (C=O) groups is 3. The largest absolute Gasteiger partial charge is 0.480 e. The number of rotatable bonds is 4. The van der Waals surface area contributed by atoms with Crippen LogP contribution in [0, 0.1) is 5.92 Å². The molecule has 7 heteroatoms. The van der Waals surface area contributed by atoms with Crippen LogP contribution in [0.4, 0.5) is 0 Å². The highest BCUT2D eigenvalue weighted by atomic mass is 16.6. The molecular weight excluding hydrogens is 302 g/mol. The zero-order chi connectivity index (χ0) is 17.2. The fraction of sp³-hybridized carbons (Fsp3) is 0.812. The molecule has 4 atom stereocenters. The maximum absolute atomic E-state index is 12.6. The number of carbonyl (C=O) groups excluding carboxylic acids is 2.